The maximum Gasteiger partial charge on any atom is 0.322 e. The fourth-order valence-electron chi connectivity index (χ4n) is 3.68. The number of hydrogen-bond acceptors (Lipinski definition) is 4. The number of amides is 2. The van der Waals surface area contributed by atoms with E-state index in [1.807, 2.05) is 59.6 Å². The molecule has 1 fully saturated rings. The molecular formula is C25H22ClN5O2. The Morgan fingerprint density at radius 1 is 1.00 bits per heavy atom. The second-order valence-corrected chi connectivity index (χ2v) is 7.85. The van der Waals surface area contributed by atoms with E-state index in [0.717, 1.165) is 5.56 Å². The first-order valence-corrected chi connectivity index (χ1v) is 10.8. The van der Waals surface area contributed by atoms with Gasteiger partial charge in [0.1, 0.15) is 5.75 Å². The number of aliphatic imine (C=N–C) groups is 1. The van der Waals surface area contributed by atoms with Crippen LogP contribution in [-0.4, -0.2) is 41.5 Å². The Labute approximate surface area is 197 Å². The number of piperazine rings is 1. The van der Waals surface area contributed by atoms with E-state index in [2.05, 4.69) is 10.3 Å². The van der Waals surface area contributed by atoms with Crippen LogP contribution in [0.25, 0.3) is 0 Å². The van der Waals surface area contributed by atoms with Crippen molar-refractivity contribution in [1.29, 1.82) is 5.26 Å². The van der Waals surface area contributed by atoms with Gasteiger partial charge in [-0.15, -0.1) is 4.99 Å². The maximum atomic E-state index is 13.2. The molecule has 1 aliphatic heterocycles. The Kier molecular flexibility index (Phi) is 7.08. The summed E-state index contributed by atoms with van der Waals surface area (Å²) in [6.45, 7) is 1.30. The van der Waals surface area contributed by atoms with Gasteiger partial charge in [-0.05, 0) is 42.0 Å². The van der Waals surface area contributed by atoms with Gasteiger partial charge in [-0.2, -0.15) is 5.26 Å². The monoisotopic (exact) mass is 459 g/mol. The van der Waals surface area contributed by atoms with Gasteiger partial charge in [0.15, 0.2) is 0 Å². The molecule has 1 N–H and O–H groups in total. The van der Waals surface area contributed by atoms with Gasteiger partial charge < -0.3 is 19.9 Å². The molecule has 166 valence electrons. The molecule has 3 aromatic carbocycles. The summed E-state index contributed by atoms with van der Waals surface area (Å²) in [6, 6.07) is 25.7. The van der Waals surface area contributed by atoms with Gasteiger partial charge in [0.05, 0.1) is 6.04 Å². The van der Waals surface area contributed by atoms with E-state index in [0.29, 0.717) is 36.1 Å². The van der Waals surface area contributed by atoms with Crippen LogP contribution in [0.4, 0.5) is 10.5 Å². The van der Waals surface area contributed by atoms with E-state index >= 15 is 0 Å². The number of carbonyl (C=O) groups excluding carboxylic acids is 1. The van der Waals surface area contributed by atoms with Crippen LogP contribution in [0.15, 0.2) is 89.9 Å². The average Bonchev–Trinajstić information content (AvgIpc) is 2.86. The fourth-order valence-corrected chi connectivity index (χ4v) is 3.81. The molecule has 7 nitrogen and oxygen atoms in total. The van der Waals surface area contributed by atoms with Crippen molar-refractivity contribution in [1.82, 2.24) is 9.80 Å². The summed E-state index contributed by atoms with van der Waals surface area (Å²) >= 11 is 5.95. The quantitative estimate of drug-likeness (QED) is 0.334. The first-order chi connectivity index (χ1) is 16.1. The van der Waals surface area contributed by atoms with E-state index in [1.54, 1.807) is 41.3 Å². The topological polar surface area (TPSA) is 81.0 Å². The third-order valence-corrected chi connectivity index (χ3v) is 5.54. The summed E-state index contributed by atoms with van der Waals surface area (Å²) in [5.41, 5.74) is 1.64. The van der Waals surface area contributed by atoms with Crippen molar-refractivity contribution in [2.45, 2.75) is 6.04 Å². The lowest BCUT2D eigenvalue weighted by molar-refractivity contribution is 0.128. The average molecular weight is 460 g/mol. The zero-order valence-electron chi connectivity index (χ0n) is 17.8. The van der Waals surface area contributed by atoms with Gasteiger partial charge in [-0.1, -0.05) is 60.1 Å². The zero-order chi connectivity index (χ0) is 23.0. The third kappa shape index (κ3) is 5.62. The summed E-state index contributed by atoms with van der Waals surface area (Å²) in [5.74, 6) is 0.589. The number of rotatable bonds is 3. The fraction of sp³-hybridized carbons (Fsp3) is 0.160. The van der Waals surface area contributed by atoms with Gasteiger partial charge in [-0.3, -0.25) is 0 Å². The van der Waals surface area contributed by atoms with Crippen molar-refractivity contribution in [3.05, 3.63) is 95.5 Å². The number of hydrogen-bond donors (Lipinski definition) is 1. The molecule has 1 atom stereocenters. The lowest BCUT2D eigenvalue weighted by atomic mass is 10.0. The molecule has 0 radical (unpaired) electrons. The largest absolute Gasteiger partial charge is 0.425 e. The number of nitrogens with one attached hydrogen (secondary N) is 1. The van der Waals surface area contributed by atoms with Crippen LogP contribution in [0.1, 0.15) is 11.6 Å². The number of para-hydroxylation sites is 1. The minimum atomic E-state index is -0.268. The lowest BCUT2D eigenvalue weighted by Gasteiger charge is -2.42. The van der Waals surface area contributed by atoms with Gasteiger partial charge in [0.25, 0.3) is 0 Å². The van der Waals surface area contributed by atoms with Crippen molar-refractivity contribution in [3.63, 3.8) is 0 Å². The summed E-state index contributed by atoms with van der Waals surface area (Å²) in [5, 5.41) is 12.8. The Bertz CT molecular complexity index is 1150. The van der Waals surface area contributed by atoms with Crippen LogP contribution in [0.5, 0.6) is 5.75 Å². The second kappa shape index (κ2) is 10.5. The number of benzene rings is 3. The molecule has 8 heteroatoms. The van der Waals surface area contributed by atoms with E-state index in [-0.39, 0.29) is 18.1 Å². The predicted molar refractivity (Wildman–Crippen MR) is 128 cm³/mol. The van der Waals surface area contributed by atoms with Crippen LogP contribution in [0, 0.1) is 11.5 Å². The maximum absolute atomic E-state index is 13.2. The van der Waals surface area contributed by atoms with Crippen LogP contribution in [0.3, 0.4) is 0 Å². The van der Waals surface area contributed by atoms with Gasteiger partial charge >= 0.3 is 12.1 Å². The smallest absolute Gasteiger partial charge is 0.322 e. The molecule has 1 saturated heterocycles. The molecule has 3 aromatic rings. The molecule has 0 aromatic heterocycles. The number of amidine groups is 1. The lowest BCUT2D eigenvalue weighted by Crippen LogP contribution is -2.54. The van der Waals surface area contributed by atoms with Gasteiger partial charge in [0.2, 0.25) is 6.19 Å². The molecule has 0 aliphatic carbocycles. The number of carbonyl (C=O) groups is 1. The molecular weight excluding hydrogens is 438 g/mol. The van der Waals surface area contributed by atoms with Crippen molar-refractivity contribution in [3.8, 4) is 11.9 Å². The molecule has 1 unspecified atom stereocenters. The number of anilines is 1. The van der Waals surface area contributed by atoms with Crippen molar-refractivity contribution in [2.75, 3.05) is 25.0 Å². The summed E-state index contributed by atoms with van der Waals surface area (Å²) in [6.07, 6.45) is 1.83. The Morgan fingerprint density at radius 3 is 2.33 bits per heavy atom. The summed E-state index contributed by atoms with van der Waals surface area (Å²) < 4.78 is 5.90. The van der Waals surface area contributed by atoms with E-state index < -0.39 is 0 Å². The Hall–Kier alpha value is -4.02. The molecule has 4 rings (SSSR count). The molecule has 0 bridgehead atoms. The van der Waals surface area contributed by atoms with E-state index in [1.165, 1.54) is 0 Å². The zero-order valence-corrected chi connectivity index (χ0v) is 18.5. The van der Waals surface area contributed by atoms with Crippen LogP contribution in [0.2, 0.25) is 5.02 Å². The first kappa shape index (κ1) is 22.2. The van der Waals surface area contributed by atoms with Crippen LogP contribution < -0.4 is 10.1 Å². The first-order valence-electron chi connectivity index (χ1n) is 10.5. The van der Waals surface area contributed by atoms with Crippen LogP contribution >= 0.6 is 11.6 Å². The Morgan fingerprint density at radius 2 is 1.67 bits per heavy atom. The van der Waals surface area contributed by atoms with E-state index in [4.69, 9.17) is 16.3 Å². The number of ether oxygens (including phenoxy) is 1. The van der Waals surface area contributed by atoms with Crippen molar-refractivity contribution < 1.29 is 9.53 Å². The van der Waals surface area contributed by atoms with E-state index in [9.17, 15) is 10.1 Å². The summed E-state index contributed by atoms with van der Waals surface area (Å²) in [7, 11) is 0. The molecule has 0 saturated carbocycles. The van der Waals surface area contributed by atoms with Crippen molar-refractivity contribution >= 4 is 29.3 Å². The Balaban J connectivity index is 1.56. The highest BCUT2D eigenvalue weighted by molar-refractivity contribution is 6.30. The van der Waals surface area contributed by atoms with Crippen molar-refractivity contribution in [2.24, 2.45) is 4.99 Å². The third-order valence-electron chi connectivity index (χ3n) is 5.29. The standard InChI is InChI=1S/C25H22ClN5O2/c26-20-11-13-21(14-12-20)29-24(32)31-16-15-30(17-23(31)19-7-3-1-4-8-19)25(28-18-27)33-22-9-5-2-6-10-22/h1-14,23H,15-17H2,(H,29,32)/b28-25-. The van der Waals surface area contributed by atoms with Gasteiger partial charge in [0, 0.05) is 30.3 Å². The van der Waals surface area contributed by atoms with Gasteiger partial charge in [-0.25, -0.2) is 4.79 Å². The molecule has 2 amide bonds. The molecule has 0 spiro atoms. The molecule has 1 heterocycles. The number of nitriles is 1. The highest BCUT2D eigenvalue weighted by atomic mass is 35.5. The molecule has 33 heavy (non-hydrogen) atoms. The second-order valence-electron chi connectivity index (χ2n) is 7.41. The normalized spacial score (nSPS) is 16.1. The molecule has 1 aliphatic rings. The number of halogens is 1. The number of urea groups is 1. The number of nitrogens with zero attached hydrogens (tertiary/aromatic N) is 4. The van der Waals surface area contributed by atoms with Crippen LogP contribution in [-0.2, 0) is 0 Å². The highest BCUT2D eigenvalue weighted by Gasteiger charge is 2.34. The minimum absolute atomic E-state index is 0.211. The highest BCUT2D eigenvalue weighted by Crippen LogP contribution is 2.27. The minimum Gasteiger partial charge on any atom is -0.425 e. The predicted octanol–water partition coefficient (Wildman–Crippen LogP) is 5.15. The SMILES string of the molecule is N#C/N=C(\Oc1ccccc1)N1CCN(C(=O)Nc2ccc(Cl)cc2)C(c2ccccc2)C1. The summed E-state index contributed by atoms with van der Waals surface area (Å²) in [4.78, 5) is 20.8.